The molecular weight excluding hydrogens is 218 g/mol. The van der Waals surface area contributed by atoms with E-state index < -0.39 is 6.04 Å². The van der Waals surface area contributed by atoms with Crippen LogP contribution in [-0.2, 0) is 4.79 Å². The quantitative estimate of drug-likeness (QED) is 0.869. The van der Waals surface area contributed by atoms with Gasteiger partial charge in [0.05, 0.1) is 20.3 Å². The average molecular weight is 237 g/mol. The lowest BCUT2D eigenvalue weighted by Gasteiger charge is -2.19. The molecule has 4 heteroatoms. The van der Waals surface area contributed by atoms with Crippen LogP contribution >= 0.6 is 0 Å². The summed E-state index contributed by atoms with van der Waals surface area (Å²) in [6.07, 6.45) is 0. The highest BCUT2D eigenvalue weighted by Crippen LogP contribution is 2.36. The molecule has 0 saturated heterocycles. The highest BCUT2D eigenvalue weighted by Gasteiger charge is 2.21. The van der Waals surface area contributed by atoms with Gasteiger partial charge >= 0.3 is 0 Å². The van der Waals surface area contributed by atoms with Gasteiger partial charge in [-0.15, -0.1) is 0 Å². The Bertz CT molecular complexity index is 441. The monoisotopic (exact) mass is 237 g/mol. The maximum absolute atomic E-state index is 11.4. The topological polar surface area (TPSA) is 61.5 Å². The summed E-state index contributed by atoms with van der Waals surface area (Å²) in [6.45, 7) is 5.33. The molecule has 1 unspecified atom stereocenters. The number of methoxy groups -OCH3 is 2. The normalized spacial score (nSPS) is 12.1. The maximum Gasteiger partial charge on any atom is 0.151 e. The van der Waals surface area contributed by atoms with E-state index >= 15 is 0 Å². The lowest BCUT2D eigenvalue weighted by Crippen LogP contribution is -2.20. The summed E-state index contributed by atoms with van der Waals surface area (Å²) in [7, 11) is 3.17. The molecule has 4 nitrogen and oxygen atoms in total. The molecule has 0 aliphatic rings. The Kier molecular flexibility index (Phi) is 4.12. The summed E-state index contributed by atoms with van der Waals surface area (Å²) in [6, 6.07) is 1.09. The molecule has 2 N–H and O–H groups in total. The number of carbonyl (C=O) groups is 1. The van der Waals surface area contributed by atoms with Gasteiger partial charge < -0.3 is 15.2 Å². The zero-order valence-corrected chi connectivity index (χ0v) is 11.0. The number of hydrogen-bond donors (Lipinski definition) is 1. The summed E-state index contributed by atoms with van der Waals surface area (Å²) in [5.74, 6) is 1.27. The molecule has 0 bridgehead atoms. The molecule has 0 radical (unpaired) electrons. The minimum atomic E-state index is -0.682. The van der Waals surface area contributed by atoms with Gasteiger partial charge in [0.25, 0.3) is 0 Å². The van der Waals surface area contributed by atoms with E-state index in [4.69, 9.17) is 15.2 Å². The summed E-state index contributed by atoms with van der Waals surface area (Å²) in [5, 5.41) is 0. The van der Waals surface area contributed by atoms with E-state index in [9.17, 15) is 4.79 Å². The molecule has 0 heterocycles. The molecule has 17 heavy (non-hydrogen) atoms. The van der Waals surface area contributed by atoms with Gasteiger partial charge in [0.1, 0.15) is 11.5 Å². The Hall–Kier alpha value is -1.55. The third kappa shape index (κ3) is 2.42. The summed E-state index contributed by atoms with van der Waals surface area (Å²) in [5.41, 5.74) is 8.47. The molecule has 0 spiro atoms. The lowest BCUT2D eigenvalue weighted by molar-refractivity contribution is -0.118. The van der Waals surface area contributed by atoms with Crippen molar-refractivity contribution in [3.05, 3.63) is 22.8 Å². The second kappa shape index (κ2) is 5.19. The van der Waals surface area contributed by atoms with Crippen LogP contribution in [0.2, 0.25) is 0 Å². The molecule has 94 valence electrons. The van der Waals surface area contributed by atoms with Crippen LogP contribution in [0, 0.1) is 13.8 Å². The molecule has 0 fully saturated rings. The minimum absolute atomic E-state index is 0.103. The van der Waals surface area contributed by atoms with Crippen molar-refractivity contribution in [3.8, 4) is 11.5 Å². The first-order chi connectivity index (χ1) is 7.93. The maximum atomic E-state index is 11.4. The van der Waals surface area contributed by atoms with Crippen LogP contribution in [0.1, 0.15) is 29.7 Å². The van der Waals surface area contributed by atoms with E-state index in [1.165, 1.54) is 6.92 Å². The number of nitrogens with two attached hydrogens (primary N) is 1. The number of rotatable bonds is 4. The van der Waals surface area contributed by atoms with Gasteiger partial charge in [0, 0.05) is 5.56 Å². The first-order valence-corrected chi connectivity index (χ1v) is 5.42. The second-order valence-corrected chi connectivity index (χ2v) is 4.04. The molecular formula is C13H19NO3. The number of benzene rings is 1. The van der Waals surface area contributed by atoms with E-state index in [-0.39, 0.29) is 5.78 Å². The molecule has 0 amide bonds. The molecule has 1 rings (SSSR count). The van der Waals surface area contributed by atoms with Gasteiger partial charge in [-0.05, 0) is 38.0 Å². The SMILES string of the molecule is COc1cc(C(N)C(C)=O)c(OC)c(C)c1C. The minimum Gasteiger partial charge on any atom is -0.496 e. The zero-order chi connectivity index (χ0) is 13.2. The van der Waals surface area contributed by atoms with Crippen LogP contribution < -0.4 is 15.2 Å². The largest absolute Gasteiger partial charge is 0.496 e. The number of Topliss-reactive ketones (excluding diaryl/α,β-unsaturated/α-hetero) is 1. The summed E-state index contributed by atoms with van der Waals surface area (Å²) >= 11 is 0. The van der Waals surface area contributed by atoms with Crippen LogP contribution in [0.15, 0.2) is 6.07 Å². The number of ketones is 1. The number of ether oxygens (including phenoxy) is 2. The number of hydrogen-bond acceptors (Lipinski definition) is 4. The second-order valence-electron chi connectivity index (χ2n) is 4.04. The molecule has 0 aliphatic carbocycles. The first-order valence-electron chi connectivity index (χ1n) is 5.42. The molecule has 1 aromatic carbocycles. The van der Waals surface area contributed by atoms with Crippen LogP contribution in [0.25, 0.3) is 0 Å². The van der Waals surface area contributed by atoms with Gasteiger partial charge in [-0.3, -0.25) is 4.79 Å². The van der Waals surface area contributed by atoms with Crippen molar-refractivity contribution in [2.24, 2.45) is 5.73 Å². The predicted molar refractivity (Wildman–Crippen MR) is 66.6 cm³/mol. The van der Waals surface area contributed by atoms with Crippen molar-refractivity contribution >= 4 is 5.78 Å². The fourth-order valence-electron chi connectivity index (χ4n) is 1.82. The van der Waals surface area contributed by atoms with Crippen LogP contribution in [0.5, 0.6) is 11.5 Å². The van der Waals surface area contributed by atoms with E-state index in [1.54, 1.807) is 20.3 Å². The van der Waals surface area contributed by atoms with Crippen LogP contribution in [0.4, 0.5) is 0 Å². The van der Waals surface area contributed by atoms with Crippen molar-refractivity contribution in [2.45, 2.75) is 26.8 Å². The smallest absolute Gasteiger partial charge is 0.151 e. The van der Waals surface area contributed by atoms with Gasteiger partial charge in [0.15, 0.2) is 5.78 Å². The molecule has 0 aliphatic heterocycles. The van der Waals surface area contributed by atoms with Crippen molar-refractivity contribution in [3.63, 3.8) is 0 Å². The molecule has 0 aromatic heterocycles. The van der Waals surface area contributed by atoms with Gasteiger partial charge in [0.2, 0.25) is 0 Å². The third-order valence-corrected chi connectivity index (χ3v) is 3.02. The Morgan fingerprint density at radius 1 is 1.24 bits per heavy atom. The van der Waals surface area contributed by atoms with Crippen molar-refractivity contribution in [1.82, 2.24) is 0 Å². The highest BCUT2D eigenvalue weighted by molar-refractivity contribution is 5.84. The predicted octanol–water partition coefficient (Wildman–Crippen LogP) is 1.91. The van der Waals surface area contributed by atoms with Crippen LogP contribution in [0.3, 0.4) is 0 Å². The van der Waals surface area contributed by atoms with E-state index in [0.717, 1.165) is 16.9 Å². The fourth-order valence-corrected chi connectivity index (χ4v) is 1.82. The average Bonchev–Trinajstić information content (AvgIpc) is 2.31. The summed E-state index contributed by atoms with van der Waals surface area (Å²) in [4.78, 5) is 11.4. The lowest BCUT2D eigenvalue weighted by atomic mass is 9.96. The van der Waals surface area contributed by atoms with Crippen molar-refractivity contribution in [2.75, 3.05) is 14.2 Å². The highest BCUT2D eigenvalue weighted by atomic mass is 16.5. The first kappa shape index (κ1) is 13.5. The Morgan fingerprint density at radius 3 is 2.24 bits per heavy atom. The van der Waals surface area contributed by atoms with Crippen molar-refractivity contribution in [1.29, 1.82) is 0 Å². The Labute approximate surface area is 102 Å². The fraction of sp³-hybridized carbons (Fsp3) is 0.462. The van der Waals surface area contributed by atoms with Gasteiger partial charge in [-0.25, -0.2) is 0 Å². The van der Waals surface area contributed by atoms with E-state index in [1.807, 2.05) is 13.8 Å². The third-order valence-electron chi connectivity index (χ3n) is 3.02. The number of carbonyl (C=O) groups excluding carboxylic acids is 1. The molecule has 1 aromatic rings. The zero-order valence-electron chi connectivity index (χ0n) is 11.0. The van der Waals surface area contributed by atoms with E-state index in [2.05, 4.69) is 0 Å². The molecule has 0 saturated carbocycles. The Balaban J connectivity index is 3.47. The Morgan fingerprint density at radius 2 is 1.82 bits per heavy atom. The van der Waals surface area contributed by atoms with Gasteiger partial charge in [-0.1, -0.05) is 0 Å². The van der Waals surface area contributed by atoms with Crippen molar-refractivity contribution < 1.29 is 14.3 Å². The van der Waals surface area contributed by atoms with Gasteiger partial charge in [-0.2, -0.15) is 0 Å². The molecule has 1 atom stereocenters. The standard InChI is InChI=1S/C13H19NO3/c1-7-8(2)13(17-5)10(6-11(7)16-4)12(14)9(3)15/h6,12H,14H2,1-5H3. The summed E-state index contributed by atoms with van der Waals surface area (Å²) < 4.78 is 10.6. The van der Waals surface area contributed by atoms with Crippen LogP contribution in [-0.4, -0.2) is 20.0 Å². The van der Waals surface area contributed by atoms with E-state index in [0.29, 0.717) is 11.3 Å².